The van der Waals surface area contributed by atoms with Gasteiger partial charge in [0.1, 0.15) is 0 Å². The molecule has 1 aromatic carbocycles. The van der Waals surface area contributed by atoms with Crippen molar-refractivity contribution in [3.63, 3.8) is 0 Å². The molecule has 0 aliphatic heterocycles. The molecular formula is C10H7NO7. The van der Waals surface area contributed by atoms with Crippen LogP contribution in [0.2, 0.25) is 0 Å². The van der Waals surface area contributed by atoms with Crippen LogP contribution in [-0.2, 0) is 9.59 Å². The molecular weight excluding hydrogens is 246 g/mol. The molecule has 0 radical (unpaired) electrons. The Morgan fingerprint density at radius 3 is 2.39 bits per heavy atom. The molecule has 2 N–H and O–H groups in total. The van der Waals surface area contributed by atoms with Crippen LogP contribution in [0.4, 0.5) is 5.69 Å². The first kappa shape index (κ1) is 13.2. The van der Waals surface area contributed by atoms with E-state index in [1.165, 1.54) is 12.1 Å². The predicted molar refractivity (Wildman–Crippen MR) is 57.1 cm³/mol. The topological polar surface area (TPSA) is 127 Å². The maximum Gasteiger partial charge on any atom is 0.372 e. The van der Waals surface area contributed by atoms with Crippen molar-refractivity contribution in [1.82, 2.24) is 0 Å². The van der Waals surface area contributed by atoms with Crippen molar-refractivity contribution in [2.24, 2.45) is 0 Å². The van der Waals surface area contributed by atoms with E-state index >= 15 is 0 Å². The standard InChI is InChI=1S/C10H7NO7/c12-9(13)5-8(10(14)15)18-7-4-2-1-3-6(7)11(16)17/h1-5H,(H,12,13)(H,14,15)/b8-5-. The van der Waals surface area contributed by atoms with Gasteiger partial charge in [-0.2, -0.15) is 0 Å². The highest BCUT2D eigenvalue weighted by atomic mass is 16.6. The normalized spacial score (nSPS) is 10.8. The molecule has 0 saturated heterocycles. The quantitative estimate of drug-likeness (QED) is 0.347. The highest BCUT2D eigenvalue weighted by Crippen LogP contribution is 2.27. The van der Waals surface area contributed by atoms with E-state index in [2.05, 4.69) is 0 Å². The van der Waals surface area contributed by atoms with Crippen molar-refractivity contribution in [3.8, 4) is 5.75 Å². The Bertz CT molecular complexity index is 535. The number of aliphatic carboxylic acids is 2. The largest absolute Gasteiger partial charge is 0.478 e. The number of ether oxygens (including phenoxy) is 1. The summed E-state index contributed by atoms with van der Waals surface area (Å²) in [6.07, 6.45) is 0.305. The molecule has 0 heterocycles. The summed E-state index contributed by atoms with van der Waals surface area (Å²) in [4.78, 5) is 30.9. The van der Waals surface area contributed by atoms with Crippen LogP contribution in [0.1, 0.15) is 0 Å². The molecule has 0 fully saturated rings. The van der Waals surface area contributed by atoms with Crippen LogP contribution in [-0.4, -0.2) is 27.1 Å². The minimum atomic E-state index is -1.64. The minimum absolute atomic E-state index is 0.305. The number of hydrogen-bond acceptors (Lipinski definition) is 5. The van der Waals surface area contributed by atoms with E-state index in [1.807, 2.05) is 0 Å². The molecule has 1 aromatic rings. The van der Waals surface area contributed by atoms with Crippen molar-refractivity contribution < 1.29 is 29.5 Å². The number of benzene rings is 1. The van der Waals surface area contributed by atoms with E-state index in [-0.39, 0.29) is 5.75 Å². The summed E-state index contributed by atoms with van der Waals surface area (Å²) < 4.78 is 4.72. The van der Waals surface area contributed by atoms with Crippen molar-refractivity contribution in [2.45, 2.75) is 0 Å². The zero-order valence-corrected chi connectivity index (χ0v) is 8.77. The van der Waals surface area contributed by atoms with Gasteiger partial charge in [-0.1, -0.05) is 12.1 Å². The van der Waals surface area contributed by atoms with E-state index in [4.69, 9.17) is 14.9 Å². The van der Waals surface area contributed by atoms with Crippen LogP contribution in [0.5, 0.6) is 5.75 Å². The van der Waals surface area contributed by atoms with Gasteiger partial charge in [0.25, 0.3) is 0 Å². The Kier molecular flexibility index (Phi) is 3.98. The van der Waals surface area contributed by atoms with Gasteiger partial charge in [0, 0.05) is 6.07 Å². The molecule has 0 amide bonds. The number of nitrogens with zero attached hydrogens (tertiary/aromatic N) is 1. The van der Waals surface area contributed by atoms with Crippen LogP contribution in [0.25, 0.3) is 0 Å². The number of carbonyl (C=O) groups is 2. The van der Waals surface area contributed by atoms with Crippen molar-refractivity contribution in [3.05, 3.63) is 46.2 Å². The lowest BCUT2D eigenvalue weighted by Gasteiger charge is -2.05. The lowest BCUT2D eigenvalue weighted by Crippen LogP contribution is -2.11. The number of nitro benzene ring substituents is 1. The third kappa shape index (κ3) is 3.30. The summed E-state index contributed by atoms with van der Waals surface area (Å²) in [5, 5.41) is 27.8. The second-order valence-corrected chi connectivity index (χ2v) is 2.98. The Labute approximate surface area is 99.9 Å². The fourth-order valence-electron chi connectivity index (χ4n) is 1.06. The Morgan fingerprint density at radius 1 is 1.28 bits per heavy atom. The fraction of sp³-hybridized carbons (Fsp3) is 0. The molecule has 8 nitrogen and oxygen atoms in total. The summed E-state index contributed by atoms with van der Waals surface area (Å²) >= 11 is 0. The molecule has 0 unspecified atom stereocenters. The Morgan fingerprint density at radius 2 is 1.89 bits per heavy atom. The summed E-state index contributed by atoms with van der Waals surface area (Å²) in [6, 6.07) is 5.03. The van der Waals surface area contributed by atoms with Crippen LogP contribution in [0.3, 0.4) is 0 Å². The highest BCUT2D eigenvalue weighted by molar-refractivity contribution is 5.93. The van der Waals surface area contributed by atoms with Crippen LogP contribution in [0, 0.1) is 10.1 Å². The molecule has 94 valence electrons. The van der Waals surface area contributed by atoms with Gasteiger partial charge in [-0.05, 0) is 6.07 Å². The van der Waals surface area contributed by atoms with E-state index in [0.29, 0.717) is 6.08 Å². The van der Waals surface area contributed by atoms with E-state index < -0.39 is 28.3 Å². The first-order valence-electron chi connectivity index (χ1n) is 4.51. The molecule has 0 atom stereocenters. The number of hydrogen-bond donors (Lipinski definition) is 2. The van der Waals surface area contributed by atoms with Crippen LogP contribution >= 0.6 is 0 Å². The summed E-state index contributed by atoms with van der Waals surface area (Å²) in [5.41, 5.74) is -0.463. The number of nitro groups is 1. The first-order valence-corrected chi connectivity index (χ1v) is 4.51. The zero-order valence-electron chi connectivity index (χ0n) is 8.77. The fourth-order valence-corrected chi connectivity index (χ4v) is 1.06. The maximum atomic E-state index is 10.7. The van der Waals surface area contributed by atoms with Gasteiger partial charge >= 0.3 is 17.6 Å². The first-order chi connectivity index (χ1) is 8.41. The molecule has 0 aliphatic rings. The van der Waals surface area contributed by atoms with Crippen molar-refractivity contribution in [2.75, 3.05) is 0 Å². The highest BCUT2D eigenvalue weighted by Gasteiger charge is 2.19. The van der Waals surface area contributed by atoms with Gasteiger partial charge < -0.3 is 14.9 Å². The van der Waals surface area contributed by atoms with Gasteiger partial charge in [-0.15, -0.1) is 0 Å². The smallest absolute Gasteiger partial charge is 0.372 e. The molecule has 1 rings (SSSR count). The molecule has 0 aromatic heterocycles. The lowest BCUT2D eigenvalue weighted by molar-refractivity contribution is -0.385. The average molecular weight is 253 g/mol. The molecule has 0 bridgehead atoms. The van der Waals surface area contributed by atoms with E-state index in [9.17, 15) is 19.7 Å². The second-order valence-electron chi connectivity index (χ2n) is 2.98. The average Bonchev–Trinajstić information content (AvgIpc) is 2.27. The number of carboxylic acids is 2. The molecule has 8 heteroatoms. The third-order valence-corrected chi connectivity index (χ3v) is 1.75. The Hall–Kier alpha value is -2.90. The minimum Gasteiger partial charge on any atom is -0.478 e. The van der Waals surface area contributed by atoms with Gasteiger partial charge in [0.15, 0.2) is 0 Å². The molecule has 0 saturated carbocycles. The number of rotatable bonds is 5. The summed E-state index contributed by atoms with van der Waals surface area (Å²) in [5.74, 6) is -4.45. The number of para-hydroxylation sites is 2. The van der Waals surface area contributed by atoms with Crippen molar-refractivity contribution >= 4 is 17.6 Å². The van der Waals surface area contributed by atoms with Crippen LogP contribution in [0.15, 0.2) is 36.1 Å². The van der Waals surface area contributed by atoms with Crippen LogP contribution < -0.4 is 4.74 Å². The zero-order chi connectivity index (χ0) is 13.7. The van der Waals surface area contributed by atoms with Gasteiger partial charge in [0.05, 0.1) is 11.0 Å². The third-order valence-electron chi connectivity index (χ3n) is 1.75. The van der Waals surface area contributed by atoms with E-state index in [0.717, 1.165) is 12.1 Å². The van der Waals surface area contributed by atoms with Crippen molar-refractivity contribution in [1.29, 1.82) is 0 Å². The van der Waals surface area contributed by atoms with Gasteiger partial charge in [0.2, 0.25) is 11.5 Å². The number of carboxylic acid groups (broad SMARTS) is 2. The van der Waals surface area contributed by atoms with Gasteiger partial charge in [-0.25, -0.2) is 9.59 Å². The molecule has 18 heavy (non-hydrogen) atoms. The maximum absolute atomic E-state index is 10.7. The molecule has 0 spiro atoms. The second kappa shape index (κ2) is 5.43. The van der Waals surface area contributed by atoms with Gasteiger partial charge in [-0.3, -0.25) is 10.1 Å². The SMILES string of the molecule is O=C(O)/C=C(\Oc1ccccc1[N+](=O)[O-])C(=O)O. The summed E-state index contributed by atoms with van der Waals surface area (Å²) in [7, 11) is 0. The summed E-state index contributed by atoms with van der Waals surface area (Å²) in [6.45, 7) is 0. The van der Waals surface area contributed by atoms with E-state index in [1.54, 1.807) is 0 Å². The monoisotopic (exact) mass is 253 g/mol. The Balaban J connectivity index is 3.13. The molecule has 0 aliphatic carbocycles. The lowest BCUT2D eigenvalue weighted by atomic mass is 10.3. The predicted octanol–water partition coefficient (Wildman–Crippen LogP) is 1.03.